The minimum atomic E-state index is -3.78. The van der Waals surface area contributed by atoms with Gasteiger partial charge in [0.1, 0.15) is 5.82 Å². The molecule has 3 rings (SSSR count). The molecule has 10 heteroatoms. The molecule has 0 fully saturated rings. The molecule has 26 heavy (non-hydrogen) atoms. The molecule has 0 spiro atoms. The van der Waals surface area contributed by atoms with E-state index in [0.29, 0.717) is 5.06 Å². The summed E-state index contributed by atoms with van der Waals surface area (Å²) in [6, 6.07) is 8.72. The van der Waals surface area contributed by atoms with Gasteiger partial charge in [-0.3, -0.25) is 14.3 Å². The van der Waals surface area contributed by atoms with Crippen molar-refractivity contribution in [2.45, 2.75) is 0 Å². The number of amides is 2. The molecule has 0 bridgehead atoms. The second-order valence-electron chi connectivity index (χ2n) is 5.40. The summed E-state index contributed by atoms with van der Waals surface area (Å²) in [6.07, 6.45) is 0.816. The maximum absolute atomic E-state index is 13.7. The minimum Gasteiger partial charge on any atom is -0.324 e. The number of imide groups is 1. The maximum Gasteiger partial charge on any atom is 0.364 e. The number of carbonyl (C=O) groups is 3. The molecule has 134 valence electrons. The Balaban J connectivity index is 1.85. The van der Waals surface area contributed by atoms with Gasteiger partial charge in [0.05, 0.1) is 28.6 Å². The third-order valence-electron chi connectivity index (χ3n) is 3.43. The zero-order valence-corrected chi connectivity index (χ0v) is 14.0. The van der Waals surface area contributed by atoms with Crippen molar-refractivity contribution in [1.82, 2.24) is 5.06 Å². The predicted molar refractivity (Wildman–Crippen MR) is 87.2 cm³/mol. The molecule has 0 radical (unpaired) electrons. The number of carbonyl (C=O) groups excluding carboxylic acids is 3. The van der Waals surface area contributed by atoms with Gasteiger partial charge in [0.15, 0.2) is 0 Å². The maximum atomic E-state index is 13.7. The smallest absolute Gasteiger partial charge is 0.324 e. The first-order chi connectivity index (χ1) is 12.2. The number of benzene rings is 2. The molecule has 2 amide bonds. The fraction of sp³-hybridized carbons (Fsp3) is 0.0625. The molecule has 2 aromatic carbocycles. The van der Waals surface area contributed by atoms with Gasteiger partial charge in [-0.05, 0) is 30.3 Å². The van der Waals surface area contributed by atoms with Crippen LogP contribution in [0.25, 0.3) is 0 Å². The van der Waals surface area contributed by atoms with Gasteiger partial charge in [0.25, 0.3) is 11.8 Å². The molecule has 0 unspecified atom stereocenters. The van der Waals surface area contributed by atoms with Crippen molar-refractivity contribution in [2.24, 2.45) is 0 Å². The van der Waals surface area contributed by atoms with Gasteiger partial charge in [0, 0.05) is 0 Å². The molecule has 1 aliphatic heterocycles. The molecule has 1 aliphatic rings. The normalized spacial score (nSPS) is 13.5. The number of hydrogen-bond acceptors (Lipinski definition) is 6. The highest BCUT2D eigenvalue weighted by Gasteiger charge is 2.38. The average Bonchev–Trinajstić information content (AvgIpc) is 2.81. The number of nitrogens with one attached hydrogen (secondary N) is 1. The van der Waals surface area contributed by atoms with Crippen LogP contribution in [0.3, 0.4) is 0 Å². The highest BCUT2D eigenvalue weighted by molar-refractivity contribution is 7.92. The fourth-order valence-corrected chi connectivity index (χ4v) is 2.87. The fourth-order valence-electron chi connectivity index (χ4n) is 2.32. The number of sulfonamides is 1. The van der Waals surface area contributed by atoms with Crippen LogP contribution in [-0.4, -0.2) is 37.5 Å². The SMILES string of the molecule is CS(=O)(=O)Nc1cc(C(=O)ON2C(=O)c3ccccc3C2=O)ccc1F. The first kappa shape index (κ1) is 17.5. The van der Waals surface area contributed by atoms with Gasteiger partial charge >= 0.3 is 5.97 Å². The van der Waals surface area contributed by atoms with E-state index in [1.54, 1.807) is 12.1 Å². The van der Waals surface area contributed by atoms with Crippen LogP contribution in [0.2, 0.25) is 0 Å². The zero-order valence-electron chi connectivity index (χ0n) is 13.2. The number of fused-ring (bicyclic) bond motifs is 1. The first-order valence-electron chi connectivity index (χ1n) is 7.15. The van der Waals surface area contributed by atoms with E-state index in [4.69, 9.17) is 4.84 Å². The van der Waals surface area contributed by atoms with Crippen LogP contribution >= 0.6 is 0 Å². The summed E-state index contributed by atoms with van der Waals surface area (Å²) in [7, 11) is -3.78. The summed E-state index contributed by atoms with van der Waals surface area (Å²) in [6.45, 7) is 0. The Labute approximate surface area is 147 Å². The van der Waals surface area contributed by atoms with E-state index in [-0.39, 0.29) is 16.7 Å². The van der Waals surface area contributed by atoms with Crippen molar-refractivity contribution in [1.29, 1.82) is 0 Å². The Morgan fingerprint density at radius 3 is 2.19 bits per heavy atom. The lowest BCUT2D eigenvalue weighted by molar-refractivity contribution is -0.0584. The monoisotopic (exact) mass is 378 g/mol. The second-order valence-corrected chi connectivity index (χ2v) is 7.15. The van der Waals surface area contributed by atoms with Crippen LogP contribution in [0.1, 0.15) is 31.1 Å². The van der Waals surface area contributed by atoms with Crippen LogP contribution in [0.5, 0.6) is 0 Å². The van der Waals surface area contributed by atoms with E-state index in [2.05, 4.69) is 0 Å². The summed E-state index contributed by atoms with van der Waals surface area (Å²) in [4.78, 5) is 41.3. The van der Waals surface area contributed by atoms with Crippen molar-refractivity contribution in [3.05, 3.63) is 65.0 Å². The van der Waals surface area contributed by atoms with Crippen molar-refractivity contribution in [2.75, 3.05) is 11.0 Å². The van der Waals surface area contributed by atoms with Crippen molar-refractivity contribution < 1.29 is 32.0 Å². The first-order valence-corrected chi connectivity index (χ1v) is 9.04. The Morgan fingerprint density at radius 2 is 1.65 bits per heavy atom. The Kier molecular flexibility index (Phi) is 4.20. The van der Waals surface area contributed by atoms with Gasteiger partial charge in [-0.25, -0.2) is 17.6 Å². The third kappa shape index (κ3) is 3.26. The molecule has 0 aromatic heterocycles. The second kappa shape index (κ2) is 6.23. The topological polar surface area (TPSA) is 110 Å². The minimum absolute atomic E-state index is 0.0869. The summed E-state index contributed by atoms with van der Waals surface area (Å²) < 4.78 is 38.1. The lowest BCUT2D eigenvalue weighted by Crippen LogP contribution is -2.32. The number of rotatable bonds is 4. The average molecular weight is 378 g/mol. The number of nitrogens with zero attached hydrogens (tertiary/aromatic N) is 1. The molecule has 0 atom stereocenters. The number of hydrogen-bond donors (Lipinski definition) is 1. The van der Waals surface area contributed by atoms with Crippen LogP contribution in [0.4, 0.5) is 10.1 Å². The van der Waals surface area contributed by atoms with Crippen LogP contribution < -0.4 is 4.72 Å². The van der Waals surface area contributed by atoms with E-state index < -0.39 is 39.3 Å². The molecule has 0 aliphatic carbocycles. The largest absolute Gasteiger partial charge is 0.364 e. The van der Waals surface area contributed by atoms with Gasteiger partial charge in [-0.2, -0.15) is 0 Å². The van der Waals surface area contributed by atoms with Gasteiger partial charge < -0.3 is 4.84 Å². The van der Waals surface area contributed by atoms with Gasteiger partial charge in [0.2, 0.25) is 10.0 Å². The van der Waals surface area contributed by atoms with Crippen molar-refractivity contribution in [3.63, 3.8) is 0 Å². The predicted octanol–water partition coefficient (Wildman–Crippen LogP) is 1.57. The lowest BCUT2D eigenvalue weighted by atomic mass is 10.1. The lowest BCUT2D eigenvalue weighted by Gasteiger charge is -2.13. The highest BCUT2D eigenvalue weighted by atomic mass is 32.2. The van der Waals surface area contributed by atoms with E-state index in [9.17, 15) is 27.2 Å². The quantitative estimate of drug-likeness (QED) is 0.809. The van der Waals surface area contributed by atoms with E-state index in [1.165, 1.54) is 12.1 Å². The van der Waals surface area contributed by atoms with E-state index in [1.807, 2.05) is 4.72 Å². The third-order valence-corrected chi connectivity index (χ3v) is 4.02. The summed E-state index contributed by atoms with van der Waals surface area (Å²) in [5, 5.41) is 0.306. The highest BCUT2D eigenvalue weighted by Crippen LogP contribution is 2.24. The van der Waals surface area contributed by atoms with Crippen LogP contribution in [0, 0.1) is 5.82 Å². The molecule has 2 aromatic rings. The molecular formula is C16H11FN2O6S. The molecule has 8 nitrogen and oxygen atoms in total. The number of hydroxylamine groups is 2. The Hall–Kier alpha value is -3.27. The molecule has 1 N–H and O–H groups in total. The molecule has 0 saturated heterocycles. The summed E-state index contributed by atoms with van der Waals surface area (Å²) in [5.74, 6) is -3.66. The Morgan fingerprint density at radius 1 is 1.08 bits per heavy atom. The Bertz CT molecular complexity index is 1020. The summed E-state index contributed by atoms with van der Waals surface area (Å²) >= 11 is 0. The van der Waals surface area contributed by atoms with Crippen LogP contribution in [0.15, 0.2) is 42.5 Å². The van der Waals surface area contributed by atoms with Gasteiger partial charge in [-0.15, -0.1) is 0 Å². The van der Waals surface area contributed by atoms with E-state index in [0.717, 1.165) is 24.5 Å². The van der Waals surface area contributed by atoms with Crippen LogP contribution in [-0.2, 0) is 14.9 Å². The summed E-state index contributed by atoms with van der Waals surface area (Å²) in [5.41, 5.74) is -0.550. The number of halogens is 1. The van der Waals surface area contributed by atoms with Gasteiger partial charge in [-0.1, -0.05) is 17.2 Å². The number of anilines is 1. The molecular weight excluding hydrogens is 367 g/mol. The van der Waals surface area contributed by atoms with E-state index >= 15 is 0 Å². The molecule has 0 saturated carbocycles. The molecule has 1 heterocycles. The van der Waals surface area contributed by atoms with Crippen molar-refractivity contribution in [3.8, 4) is 0 Å². The standard InChI is InChI=1S/C16H11FN2O6S/c1-26(23,24)18-13-8-9(6-7-12(13)17)16(22)25-19-14(20)10-4-2-3-5-11(10)15(19)21/h2-8,18H,1H3. The van der Waals surface area contributed by atoms with Crippen molar-refractivity contribution >= 4 is 33.5 Å². The zero-order chi connectivity index (χ0) is 19.1.